The Morgan fingerprint density at radius 2 is 2.04 bits per heavy atom. The van der Waals surface area contributed by atoms with Crippen LogP contribution >= 0.6 is 0 Å². The zero-order valence-corrected chi connectivity index (χ0v) is 12.9. The Morgan fingerprint density at radius 1 is 1.35 bits per heavy atom. The van der Waals surface area contributed by atoms with Gasteiger partial charge in [0.2, 0.25) is 0 Å². The average molecular weight is 313 g/mol. The molecule has 1 aromatic carbocycles. The molecule has 3 rings (SSSR count). The van der Waals surface area contributed by atoms with Crippen molar-refractivity contribution in [2.45, 2.75) is 25.8 Å². The molecule has 0 aliphatic heterocycles. The van der Waals surface area contributed by atoms with Crippen molar-refractivity contribution in [2.24, 2.45) is 5.92 Å². The van der Waals surface area contributed by atoms with Crippen molar-refractivity contribution in [1.82, 2.24) is 14.5 Å². The molecule has 1 saturated carbocycles. The van der Waals surface area contributed by atoms with Crippen LogP contribution in [-0.4, -0.2) is 44.0 Å². The summed E-state index contributed by atoms with van der Waals surface area (Å²) in [6, 6.07) is 7.45. The second-order valence-corrected chi connectivity index (χ2v) is 5.94. The molecular weight excluding hydrogens is 294 g/mol. The zero-order valence-electron chi connectivity index (χ0n) is 12.9. The van der Waals surface area contributed by atoms with Crippen LogP contribution in [0.4, 0.5) is 0 Å². The molecule has 0 saturated heterocycles. The summed E-state index contributed by atoms with van der Waals surface area (Å²) in [5.41, 5.74) is 1.51. The van der Waals surface area contributed by atoms with Gasteiger partial charge >= 0.3 is 5.97 Å². The highest BCUT2D eigenvalue weighted by atomic mass is 16.4. The molecule has 1 aliphatic carbocycles. The Balaban J connectivity index is 1.76. The van der Waals surface area contributed by atoms with Crippen LogP contribution in [-0.2, 0) is 4.79 Å². The van der Waals surface area contributed by atoms with Gasteiger partial charge in [-0.1, -0.05) is 6.92 Å². The number of hydrogen-bond acceptors (Lipinski definition) is 3. The number of aromatic nitrogens is 2. The van der Waals surface area contributed by atoms with E-state index in [0.717, 1.165) is 18.5 Å². The molecule has 1 aromatic heterocycles. The Labute approximate surface area is 134 Å². The van der Waals surface area contributed by atoms with Crippen molar-refractivity contribution in [3.8, 4) is 5.69 Å². The van der Waals surface area contributed by atoms with Gasteiger partial charge in [0.1, 0.15) is 0 Å². The summed E-state index contributed by atoms with van der Waals surface area (Å²) in [6.07, 6.45) is 7.13. The molecule has 0 bridgehead atoms. The second kappa shape index (κ2) is 6.24. The van der Waals surface area contributed by atoms with E-state index in [0.29, 0.717) is 5.56 Å². The van der Waals surface area contributed by atoms with E-state index in [1.165, 1.54) is 0 Å². The van der Waals surface area contributed by atoms with E-state index in [1.807, 2.05) is 22.9 Å². The molecule has 0 radical (unpaired) electrons. The van der Waals surface area contributed by atoms with Crippen LogP contribution in [0.25, 0.3) is 5.69 Å². The smallest absolute Gasteiger partial charge is 0.308 e. The van der Waals surface area contributed by atoms with E-state index >= 15 is 0 Å². The van der Waals surface area contributed by atoms with Gasteiger partial charge in [0.05, 0.1) is 12.2 Å². The third-order valence-electron chi connectivity index (χ3n) is 4.06. The van der Waals surface area contributed by atoms with Gasteiger partial charge in [-0.3, -0.25) is 9.59 Å². The lowest BCUT2D eigenvalue weighted by Crippen LogP contribution is -2.38. The SMILES string of the molecule is C[C@H](CN(C(=O)c1ccc(-n2ccnc2)cc1)C1CC1)C(=O)O. The lowest BCUT2D eigenvalue weighted by molar-refractivity contribution is -0.141. The predicted octanol–water partition coefficient (Wildman–Crippen LogP) is 2.20. The maximum atomic E-state index is 12.7. The lowest BCUT2D eigenvalue weighted by Gasteiger charge is -2.24. The van der Waals surface area contributed by atoms with Crippen molar-refractivity contribution >= 4 is 11.9 Å². The van der Waals surface area contributed by atoms with Crippen molar-refractivity contribution in [2.75, 3.05) is 6.54 Å². The number of carboxylic acids is 1. The predicted molar refractivity (Wildman–Crippen MR) is 84.4 cm³/mol. The number of hydrogen-bond donors (Lipinski definition) is 1. The van der Waals surface area contributed by atoms with Gasteiger partial charge < -0.3 is 14.6 Å². The molecule has 1 heterocycles. The van der Waals surface area contributed by atoms with E-state index in [-0.39, 0.29) is 18.5 Å². The molecule has 120 valence electrons. The van der Waals surface area contributed by atoms with E-state index < -0.39 is 11.9 Å². The van der Waals surface area contributed by atoms with Crippen LogP contribution < -0.4 is 0 Å². The maximum Gasteiger partial charge on any atom is 0.308 e. The molecule has 1 fully saturated rings. The number of rotatable bonds is 6. The highest BCUT2D eigenvalue weighted by molar-refractivity contribution is 5.95. The van der Waals surface area contributed by atoms with Crippen LogP contribution in [0.2, 0.25) is 0 Å². The van der Waals surface area contributed by atoms with Crippen LogP contribution in [0.15, 0.2) is 43.0 Å². The van der Waals surface area contributed by atoms with Crippen molar-refractivity contribution in [1.29, 1.82) is 0 Å². The summed E-state index contributed by atoms with van der Waals surface area (Å²) in [6.45, 7) is 1.88. The van der Waals surface area contributed by atoms with E-state index in [9.17, 15) is 9.59 Å². The average Bonchev–Trinajstić information content (AvgIpc) is 3.25. The van der Waals surface area contributed by atoms with Crippen molar-refractivity contribution in [3.05, 3.63) is 48.5 Å². The van der Waals surface area contributed by atoms with Gasteiger partial charge in [-0.2, -0.15) is 0 Å². The molecule has 1 N–H and O–H groups in total. The minimum absolute atomic E-state index is 0.0993. The Hall–Kier alpha value is -2.63. The van der Waals surface area contributed by atoms with Crippen LogP contribution in [0.3, 0.4) is 0 Å². The first kappa shape index (κ1) is 15.3. The number of amides is 1. The summed E-state index contributed by atoms with van der Waals surface area (Å²) in [4.78, 5) is 29.5. The fourth-order valence-corrected chi connectivity index (χ4v) is 2.51. The topological polar surface area (TPSA) is 75.4 Å². The van der Waals surface area contributed by atoms with Gasteiger partial charge in [-0.05, 0) is 37.1 Å². The number of carbonyl (C=O) groups is 2. The monoisotopic (exact) mass is 313 g/mol. The molecule has 1 atom stereocenters. The fourth-order valence-electron chi connectivity index (χ4n) is 2.51. The largest absolute Gasteiger partial charge is 0.481 e. The number of carboxylic acid groups (broad SMARTS) is 1. The number of aliphatic carboxylic acids is 1. The van der Waals surface area contributed by atoms with Crippen molar-refractivity contribution < 1.29 is 14.7 Å². The van der Waals surface area contributed by atoms with Gasteiger partial charge in [0.25, 0.3) is 5.91 Å². The van der Waals surface area contributed by atoms with E-state index in [1.54, 1.807) is 36.5 Å². The first-order chi connectivity index (χ1) is 11.1. The Kier molecular flexibility index (Phi) is 4.14. The summed E-state index contributed by atoms with van der Waals surface area (Å²) >= 11 is 0. The Morgan fingerprint density at radius 3 is 2.57 bits per heavy atom. The molecular formula is C17H19N3O3. The number of benzene rings is 1. The first-order valence-electron chi connectivity index (χ1n) is 7.68. The maximum absolute atomic E-state index is 12.7. The molecule has 0 spiro atoms. The summed E-state index contributed by atoms with van der Waals surface area (Å²) in [5.74, 6) is -1.54. The molecule has 1 aliphatic rings. The first-order valence-corrected chi connectivity index (χ1v) is 7.68. The number of carbonyl (C=O) groups excluding carboxylic acids is 1. The third-order valence-corrected chi connectivity index (χ3v) is 4.06. The number of imidazole rings is 1. The van der Waals surface area contributed by atoms with Gasteiger partial charge in [-0.15, -0.1) is 0 Å². The highest BCUT2D eigenvalue weighted by Crippen LogP contribution is 2.29. The quantitative estimate of drug-likeness (QED) is 0.887. The highest BCUT2D eigenvalue weighted by Gasteiger charge is 2.34. The van der Waals surface area contributed by atoms with Gasteiger partial charge in [0.15, 0.2) is 0 Å². The van der Waals surface area contributed by atoms with E-state index in [2.05, 4.69) is 4.98 Å². The standard InChI is InChI=1S/C17H19N3O3/c1-12(17(22)23)10-20(15-6-7-15)16(21)13-2-4-14(5-3-13)19-9-8-18-11-19/h2-5,8-9,11-12,15H,6-7,10H2,1H3,(H,22,23)/t12-/m1/s1. The van der Waals surface area contributed by atoms with Crippen LogP contribution in [0, 0.1) is 5.92 Å². The van der Waals surface area contributed by atoms with E-state index in [4.69, 9.17) is 5.11 Å². The van der Waals surface area contributed by atoms with Crippen LogP contribution in [0.1, 0.15) is 30.1 Å². The third kappa shape index (κ3) is 3.41. The molecule has 23 heavy (non-hydrogen) atoms. The fraction of sp³-hybridized carbons (Fsp3) is 0.353. The Bertz CT molecular complexity index is 690. The summed E-state index contributed by atoms with van der Waals surface area (Å²) in [5, 5.41) is 9.08. The number of nitrogens with zero attached hydrogens (tertiary/aromatic N) is 3. The molecule has 6 nitrogen and oxygen atoms in total. The van der Waals surface area contributed by atoms with Gasteiger partial charge in [-0.25, -0.2) is 4.98 Å². The normalized spacial score (nSPS) is 15.2. The minimum Gasteiger partial charge on any atom is -0.481 e. The molecule has 2 aromatic rings. The van der Waals surface area contributed by atoms with Gasteiger partial charge in [0, 0.05) is 36.2 Å². The lowest BCUT2D eigenvalue weighted by atomic mass is 10.1. The summed E-state index contributed by atoms with van der Waals surface area (Å²) in [7, 11) is 0. The molecule has 0 unspecified atom stereocenters. The summed E-state index contributed by atoms with van der Waals surface area (Å²) < 4.78 is 1.86. The molecule has 6 heteroatoms. The second-order valence-electron chi connectivity index (χ2n) is 5.94. The minimum atomic E-state index is -0.876. The molecule has 1 amide bonds. The zero-order chi connectivity index (χ0) is 16.4. The van der Waals surface area contributed by atoms with Crippen LogP contribution in [0.5, 0.6) is 0 Å². The van der Waals surface area contributed by atoms with Crippen molar-refractivity contribution in [3.63, 3.8) is 0 Å².